The van der Waals surface area contributed by atoms with E-state index in [-0.39, 0.29) is 17.9 Å². The lowest BCUT2D eigenvalue weighted by Crippen LogP contribution is -2.30. The van der Waals surface area contributed by atoms with Crippen LogP contribution in [0.25, 0.3) is 11.0 Å². The van der Waals surface area contributed by atoms with E-state index in [0.29, 0.717) is 35.0 Å². The van der Waals surface area contributed by atoms with Crippen LogP contribution in [0.3, 0.4) is 0 Å². The number of aliphatic hydroxyl groups is 1. The number of carbonyl (C=O) groups excluding carboxylic acids is 2. The van der Waals surface area contributed by atoms with Crippen LogP contribution in [-0.4, -0.2) is 35.4 Å². The predicted octanol–water partition coefficient (Wildman–Crippen LogP) is 6.38. The molecule has 196 valence electrons. The first-order valence-corrected chi connectivity index (χ1v) is 12.6. The molecule has 0 saturated heterocycles. The number of amides is 1. The summed E-state index contributed by atoms with van der Waals surface area (Å²) in [6, 6.07) is 16.6. The van der Waals surface area contributed by atoms with Crippen LogP contribution in [0.15, 0.2) is 87.1 Å². The van der Waals surface area contributed by atoms with Gasteiger partial charge < -0.3 is 28.3 Å². The molecule has 0 spiro atoms. The maximum absolute atomic E-state index is 13.8. The Morgan fingerprint density at radius 1 is 1.05 bits per heavy atom. The molecule has 1 amide bonds. The number of hydrogen-bond donors (Lipinski definition) is 1. The lowest BCUT2D eigenvalue weighted by atomic mass is 9.94. The molecule has 3 heterocycles. The number of carbonyl (C=O) groups is 2. The third-order valence-corrected chi connectivity index (χ3v) is 6.61. The SMILES string of the molecule is CCCCCOc1ccc([C@H]2C(C(=O)c3cc4ccccc4o3)=C(O)C(=O)N2Cc2ccco2)cc1OC. The Morgan fingerprint density at radius 2 is 1.89 bits per heavy atom. The van der Waals surface area contributed by atoms with E-state index in [1.54, 1.807) is 42.5 Å². The highest BCUT2D eigenvalue weighted by molar-refractivity contribution is 6.16. The summed E-state index contributed by atoms with van der Waals surface area (Å²) in [5.41, 5.74) is 1.04. The predicted molar refractivity (Wildman–Crippen MR) is 140 cm³/mol. The Bertz CT molecular complexity index is 1450. The van der Waals surface area contributed by atoms with E-state index in [9.17, 15) is 14.7 Å². The van der Waals surface area contributed by atoms with Gasteiger partial charge >= 0.3 is 0 Å². The number of benzene rings is 2. The van der Waals surface area contributed by atoms with Crippen molar-refractivity contribution in [1.82, 2.24) is 4.90 Å². The Hall–Kier alpha value is -4.46. The first kappa shape index (κ1) is 25.2. The number of unbranched alkanes of at least 4 members (excludes halogenated alkanes) is 2. The van der Waals surface area contributed by atoms with Gasteiger partial charge in [-0.15, -0.1) is 0 Å². The van der Waals surface area contributed by atoms with Crippen molar-refractivity contribution in [2.24, 2.45) is 0 Å². The highest BCUT2D eigenvalue weighted by Crippen LogP contribution is 2.43. The number of ketones is 1. The molecule has 8 nitrogen and oxygen atoms in total. The summed E-state index contributed by atoms with van der Waals surface area (Å²) in [7, 11) is 1.53. The normalized spacial score (nSPS) is 15.5. The van der Waals surface area contributed by atoms with E-state index in [1.165, 1.54) is 18.3 Å². The molecule has 1 aliphatic heterocycles. The van der Waals surface area contributed by atoms with Gasteiger partial charge in [0.2, 0.25) is 5.78 Å². The van der Waals surface area contributed by atoms with Gasteiger partial charge in [0, 0.05) is 5.39 Å². The van der Waals surface area contributed by atoms with Crippen LogP contribution in [0.1, 0.15) is 54.1 Å². The van der Waals surface area contributed by atoms with Crippen molar-refractivity contribution >= 4 is 22.7 Å². The molecule has 1 atom stereocenters. The average molecular weight is 516 g/mol. The molecule has 0 aliphatic carbocycles. The van der Waals surface area contributed by atoms with Crippen molar-refractivity contribution in [1.29, 1.82) is 0 Å². The van der Waals surface area contributed by atoms with Crippen molar-refractivity contribution in [2.75, 3.05) is 13.7 Å². The molecule has 2 aromatic heterocycles. The quantitative estimate of drug-likeness (QED) is 0.183. The number of Topliss-reactive ketones (excluding diaryl/α,β-unsaturated/α-hetero) is 1. The van der Waals surface area contributed by atoms with Crippen LogP contribution < -0.4 is 9.47 Å². The minimum atomic E-state index is -0.906. The molecular weight excluding hydrogens is 486 g/mol. The molecule has 2 aromatic carbocycles. The minimum absolute atomic E-state index is 0.0354. The van der Waals surface area contributed by atoms with Crippen LogP contribution in [0.5, 0.6) is 11.5 Å². The zero-order valence-corrected chi connectivity index (χ0v) is 21.3. The number of ether oxygens (including phenoxy) is 2. The monoisotopic (exact) mass is 515 g/mol. The summed E-state index contributed by atoms with van der Waals surface area (Å²) in [6.07, 6.45) is 4.57. The van der Waals surface area contributed by atoms with Gasteiger partial charge in [-0.2, -0.15) is 0 Å². The van der Waals surface area contributed by atoms with Gasteiger partial charge in [0.1, 0.15) is 11.3 Å². The van der Waals surface area contributed by atoms with Gasteiger partial charge in [-0.25, -0.2) is 0 Å². The van der Waals surface area contributed by atoms with Crippen molar-refractivity contribution < 1.29 is 33.0 Å². The highest BCUT2D eigenvalue weighted by Gasteiger charge is 2.45. The van der Waals surface area contributed by atoms with E-state index < -0.39 is 23.5 Å². The molecule has 0 saturated carbocycles. The van der Waals surface area contributed by atoms with Crippen LogP contribution in [-0.2, 0) is 11.3 Å². The van der Waals surface area contributed by atoms with Gasteiger partial charge in [0.15, 0.2) is 23.0 Å². The van der Waals surface area contributed by atoms with Crippen molar-refractivity contribution in [3.8, 4) is 11.5 Å². The Balaban J connectivity index is 1.54. The fraction of sp³-hybridized carbons (Fsp3) is 0.267. The third kappa shape index (κ3) is 4.77. The van der Waals surface area contributed by atoms with E-state index in [0.717, 1.165) is 24.6 Å². The number of methoxy groups -OCH3 is 1. The van der Waals surface area contributed by atoms with E-state index >= 15 is 0 Å². The maximum atomic E-state index is 13.8. The van der Waals surface area contributed by atoms with Crippen LogP contribution in [0.4, 0.5) is 0 Å². The molecule has 1 N–H and O–H groups in total. The summed E-state index contributed by atoms with van der Waals surface area (Å²) < 4.78 is 22.8. The van der Waals surface area contributed by atoms with Gasteiger partial charge in [0.25, 0.3) is 5.91 Å². The van der Waals surface area contributed by atoms with E-state index in [1.807, 2.05) is 18.2 Å². The highest BCUT2D eigenvalue weighted by atomic mass is 16.5. The molecule has 0 fully saturated rings. The number of aliphatic hydroxyl groups excluding tert-OH is 1. The number of fused-ring (bicyclic) bond motifs is 1. The Morgan fingerprint density at radius 3 is 2.63 bits per heavy atom. The largest absolute Gasteiger partial charge is 0.503 e. The maximum Gasteiger partial charge on any atom is 0.290 e. The molecule has 4 aromatic rings. The molecular formula is C30H29NO7. The summed E-state index contributed by atoms with van der Waals surface area (Å²) in [5, 5.41) is 11.7. The van der Waals surface area contributed by atoms with Gasteiger partial charge in [-0.1, -0.05) is 44.0 Å². The second-order valence-electron chi connectivity index (χ2n) is 9.12. The number of para-hydroxylation sites is 1. The van der Waals surface area contributed by atoms with Crippen LogP contribution >= 0.6 is 0 Å². The van der Waals surface area contributed by atoms with Crippen LogP contribution in [0.2, 0.25) is 0 Å². The lowest BCUT2D eigenvalue weighted by Gasteiger charge is -2.26. The molecule has 8 heteroatoms. The van der Waals surface area contributed by atoms with Gasteiger partial charge in [0.05, 0.1) is 38.1 Å². The summed E-state index contributed by atoms with van der Waals surface area (Å²) in [4.78, 5) is 28.5. The number of nitrogens with zero attached hydrogens (tertiary/aromatic N) is 1. The molecule has 38 heavy (non-hydrogen) atoms. The van der Waals surface area contributed by atoms with E-state index in [2.05, 4.69) is 6.92 Å². The molecule has 0 bridgehead atoms. The summed E-state index contributed by atoms with van der Waals surface area (Å²) >= 11 is 0. The second kappa shape index (κ2) is 10.9. The van der Waals surface area contributed by atoms with Gasteiger partial charge in [-0.05, 0) is 48.4 Å². The number of rotatable bonds is 11. The van der Waals surface area contributed by atoms with Crippen molar-refractivity contribution in [2.45, 2.75) is 38.8 Å². The molecule has 5 rings (SSSR count). The van der Waals surface area contributed by atoms with Gasteiger partial charge in [-0.3, -0.25) is 9.59 Å². The third-order valence-electron chi connectivity index (χ3n) is 6.61. The van der Waals surface area contributed by atoms with Crippen LogP contribution in [0, 0.1) is 0 Å². The zero-order valence-electron chi connectivity index (χ0n) is 21.3. The van der Waals surface area contributed by atoms with Crippen molar-refractivity contribution in [3.63, 3.8) is 0 Å². The number of hydrogen-bond acceptors (Lipinski definition) is 7. The minimum Gasteiger partial charge on any atom is -0.503 e. The van der Waals surface area contributed by atoms with E-state index in [4.69, 9.17) is 18.3 Å². The van der Waals surface area contributed by atoms with Crippen molar-refractivity contribution in [3.05, 3.63) is 95.3 Å². The topological polar surface area (TPSA) is 102 Å². The Kier molecular flexibility index (Phi) is 7.22. The molecule has 1 aliphatic rings. The zero-order chi connectivity index (χ0) is 26.6. The smallest absolute Gasteiger partial charge is 0.290 e. The fourth-order valence-electron chi connectivity index (χ4n) is 4.70. The first-order chi connectivity index (χ1) is 18.5. The average Bonchev–Trinajstić information content (AvgIpc) is 3.66. The Labute approximate surface area is 220 Å². The first-order valence-electron chi connectivity index (χ1n) is 12.6. The summed E-state index contributed by atoms with van der Waals surface area (Å²) in [6.45, 7) is 2.72. The fourth-order valence-corrected chi connectivity index (χ4v) is 4.70. The number of furan rings is 2. The summed E-state index contributed by atoms with van der Waals surface area (Å²) in [5.74, 6) is -0.294. The molecule has 0 radical (unpaired) electrons. The molecule has 0 unspecified atom stereocenters. The standard InChI is InChI=1S/C30H29NO7/c1-3-4-7-14-37-23-13-12-20(17-24(23)35-2)27-26(28(32)25-16-19-9-5-6-11-22(19)38-25)29(33)30(34)31(27)18-21-10-8-15-36-21/h5-6,8-13,15-17,27,33H,3-4,7,14,18H2,1-2H3/t27-/m0/s1. The second-order valence-corrected chi connectivity index (χ2v) is 9.12. The lowest BCUT2D eigenvalue weighted by molar-refractivity contribution is -0.130.